The number of benzene rings is 2. The van der Waals surface area contributed by atoms with Gasteiger partial charge in [0.25, 0.3) is 0 Å². The molecular formula is C22H20O. The predicted molar refractivity (Wildman–Crippen MR) is 93.9 cm³/mol. The number of para-hydroxylation sites is 1. The highest BCUT2D eigenvalue weighted by Crippen LogP contribution is 2.27. The smallest absolute Gasteiger partial charge is 0.160 e. The zero-order valence-corrected chi connectivity index (χ0v) is 13.2. The Morgan fingerprint density at radius 2 is 1.65 bits per heavy atom. The Morgan fingerprint density at radius 1 is 0.957 bits per heavy atom. The molecule has 0 saturated heterocycles. The molecule has 114 valence electrons. The number of hydrogen-bond acceptors (Lipinski definition) is 1. The molecule has 0 heterocycles. The zero-order chi connectivity index (χ0) is 15.7. The Bertz CT molecular complexity index is 722. The van der Waals surface area contributed by atoms with Gasteiger partial charge >= 0.3 is 0 Å². The van der Waals surface area contributed by atoms with E-state index in [2.05, 4.69) is 23.7 Å². The summed E-state index contributed by atoms with van der Waals surface area (Å²) in [5.74, 6) is 14.5. The van der Waals surface area contributed by atoms with Crippen LogP contribution in [0.25, 0.3) is 0 Å². The molecule has 1 aliphatic carbocycles. The largest absolute Gasteiger partial charge is 0.478 e. The lowest BCUT2D eigenvalue weighted by molar-refractivity contribution is 0.249. The summed E-state index contributed by atoms with van der Waals surface area (Å²) < 4.78 is 6.00. The van der Waals surface area contributed by atoms with Crippen LogP contribution < -0.4 is 4.74 Å². The van der Waals surface area contributed by atoms with E-state index in [1.165, 1.54) is 12.8 Å². The molecule has 2 aromatic carbocycles. The van der Waals surface area contributed by atoms with E-state index in [1.54, 1.807) is 0 Å². The Morgan fingerprint density at radius 3 is 2.35 bits per heavy atom. The van der Waals surface area contributed by atoms with Crippen LogP contribution in [0.15, 0.2) is 60.7 Å². The van der Waals surface area contributed by atoms with Gasteiger partial charge in [0.05, 0.1) is 0 Å². The fraction of sp³-hybridized carbons (Fsp3) is 0.273. The molecule has 1 nitrogen and oxygen atoms in total. The topological polar surface area (TPSA) is 9.23 Å². The highest BCUT2D eigenvalue weighted by atomic mass is 16.5. The number of rotatable bonds is 4. The Kier molecular flexibility index (Phi) is 5.38. The lowest BCUT2D eigenvalue weighted by Gasteiger charge is -2.12. The minimum Gasteiger partial charge on any atom is -0.478 e. The second-order valence-electron chi connectivity index (χ2n) is 5.69. The average molecular weight is 300 g/mol. The number of ether oxygens (including phenoxy) is 1. The maximum atomic E-state index is 6.00. The molecule has 0 aromatic heterocycles. The van der Waals surface area contributed by atoms with Crippen LogP contribution in [0.4, 0.5) is 0 Å². The molecule has 0 bridgehead atoms. The second-order valence-corrected chi connectivity index (χ2v) is 5.69. The third-order valence-electron chi connectivity index (χ3n) is 3.59. The van der Waals surface area contributed by atoms with Gasteiger partial charge in [-0.05, 0) is 37.1 Å². The van der Waals surface area contributed by atoms with Crippen molar-refractivity contribution in [2.75, 3.05) is 0 Å². The van der Waals surface area contributed by atoms with E-state index in [-0.39, 0.29) is 6.10 Å². The van der Waals surface area contributed by atoms with Crippen molar-refractivity contribution in [2.24, 2.45) is 5.92 Å². The van der Waals surface area contributed by atoms with Gasteiger partial charge in [-0.2, -0.15) is 0 Å². The molecule has 0 N–H and O–H groups in total. The van der Waals surface area contributed by atoms with Crippen LogP contribution in [0, 0.1) is 29.6 Å². The van der Waals surface area contributed by atoms with E-state index in [1.807, 2.05) is 60.7 Å². The van der Waals surface area contributed by atoms with Crippen molar-refractivity contribution in [2.45, 2.75) is 31.8 Å². The lowest BCUT2D eigenvalue weighted by atomic mass is 10.1. The molecule has 2 aromatic rings. The number of hydrogen-bond donors (Lipinski definition) is 0. The van der Waals surface area contributed by atoms with Crippen molar-refractivity contribution in [1.29, 1.82) is 0 Å². The minimum absolute atomic E-state index is 0.0805. The molecule has 0 aliphatic heterocycles. The van der Waals surface area contributed by atoms with Gasteiger partial charge < -0.3 is 4.74 Å². The molecule has 3 rings (SSSR count). The average Bonchev–Trinajstić information content (AvgIpc) is 3.42. The molecular weight excluding hydrogens is 280 g/mol. The first-order valence-electron chi connectivity index (χ1n) is 8.17. The van der Waals surface area contributed by atoms with Gasteiger partial charge in [-0.15, -0.1) is 0 Å². The van der Waals surface area contributed by atoms with Crippen molar-refractivity contribution in [1.82, 2.24) is 0 Å². The first kappa shape index (κ1) is 15.3. The van der Waals surface area contributed by atoms with Crippen molar-refractivity contribution in [3.63, 3.8) is 0 Å². The van der Waals surface area contributed by atoms with Crippen LogP contribution in [-0.4, -0.2) is 6.10 Å². The molecule has 1 fully saturated rings. The van der Waals surface area contributed by atoms with E-state index in [4.69, 9.17) is 4.74 Å². The molecule has 23 heavy (non-hydrogen) atoms. The summed E-state index contributed by atoms with van der Waals surface area (Å²) >= 11 is 0. The van der Waals surface area contributed by atoms with Crippen molar-refractivity contribution >= 4 is 0 Å². The minimum atomic E-state index is -0.0805. The van der Waals surface area contributed by atoms with Gasteiger partial charge in [-0.25, -0.2) is 0 Å². The summed E-state index contributed by atoms with van der Waals surface area (Å²) in [6, 6.07) is 20.0. The predicted octanol–water partition coefficient (Wildman–Crippen LogP) is 4.68. The molecule has 0 amide bonds. The summed E-state index contributed by atoms with van der Waals surface area (Å²) in [5, 5.41) is 0. The van der Waals surface area contributed by atoms with Crippen LogP contribution in [0.5, 0.6) is 5.75 Å². The van der Waals surface area contributed by atoms with Gasteiger partial charge in [-0.1, -0.05) is 60.1 Å². The molecule has 1 atom stereocenters. The molecule has 1 heteroatoms. The van der Waals surface area contributed by atoms with Crippen LogP contribution in [-0.2, 0) is 0 Å². The third-order valence-corrected chi connectivity index (χ3v) is 3.59. The van der Waals surface area contributed by atoms with Crippen LogP contribution >= 0.6 is 0 Å². The standard InChI is InChI=1S/C22H20O/c1-3-9-19(10-4-1)11-7-8-14-22(18-17-20-15-16-20)23-21-12-5-2-6-13-21/h1-6,9-10,12-13,20,22H,8,14-16H2. The van der Waals surface area contributed by atoms with E-state index < -0.39 is 0 Å². The van der Waals surface area contributed by atoms with Crippen molar-refractivity contribution in [3.05, 3.63) is 66.2 Å². The van der Waals surface area contributed by atoms with Crippen molar-refractivity contribution < 1.29 is 4.74 Å². The molecule has 0 spiro atoms. The fourth-order valence-corrected chi connectivity index (χ4v) is 2.15. The van der Waals surface area contributed by atoms with Gasteiger partial charge in [0.1, 0.15) is 5.75 Å². The summed E-state index contributed by atoms with van der Waals surface area (Å²) in [6.07, 6.45) is 4.00. The highest BCUT2D eigenvalue weighted by molar-refractivity contribution is 5.33. The third kappa shape index (κ3) is 5.57. The van der Waals surface area contributed by atoms with E-state index in [9.17, 15) is 0 Å². The molecule has 0 radical (unpaired) electrons. The maximum absolute atomic E-state index is 6.00. The molecule has 1 aliphatic rings. The van der Waals surface area contributed by atoms with Gasteiger partial charge in [0, 0.05) is 24.3 Å². The van der Waals surface area contributed by atoms with Crippen LogP contribution in [0.1, 0.15) is 31.2 Å². The first-order chi connectivity index (χ1) is 11.4. The SMILES string of the molecule is C(#Cc1ccccc1)CCC(C#CC1CC1)Oc1ccccc1. The van der Waals surface area contributed by atoms with E-state index in [0.717, 1.165) is 24.2 Å². The lowest BCUT2D eigenvalue weighted by Crippen LogP contribution is -2.14. The summed E-state index contributed by atoms with van der Waals surface area (Å²) in [5.41, 5.74) is 1.05. The zero-order valence-electron chi connectivity index (χ0n) is 13.2. The van der Waals surface area contributed by atoms with Crippen LogP contribution in [0.3, 0.4) is 0 Å². The second kappa shape index (κ2) is 8.11. The van der Waals surface area contributed by atoms with Gasteiger partial charge in [-0.3, -0.25) is 0 Å². The first-order valence-corrected chi connectivity index (χ1v) is 8.17. The fourth-order valence-electron chi connectivity index (χ4n) is 2.15. The summed E-state index contributed by atoms with van der Waals surface area (Å²) in [6.45, 7) is 0. The molecule has 1 unspecified atom stereocenters. The van der Waals surface area contributed by atoms with E-state index >= 15 is 0 Å². The quantitative estimate of drug-likeness (QED) is 0.745. The Hall–Kier alpha value is -2.64. The monoisotopic (exact) mass is 300 g/mol. The van der Waals surface area contributed by atoms with Gasteiger partial charge in [0.2, 0.25) is 0 Å². The van der Waals surface area contributed by atoms with E-state index in [0.29, 0.717) is 5.92 Å². The molecule has 1 saturated carbocycles. The highest BCUT2D eigenvalue weighted by Gasteiger charge is 2.18. The summed E-state index contributed by atoms with van der Waals surface area (Å²) in [7, 11) is 0. The Balaban J connectivity index is 1.58. The summed E-state index contributed by atoms with van der Waals surface area (Å²) in [4.78, 5) is 0. The van der Waals surface area contributed by atoms with Crippen molar-refractivity contribution in [3.8, 4) is 29.4 Å². The van der Waals surface area contributed by atoms with Gasteiger partial charge in [0.15, 0.2) is 6.10 Å². The van der Waals surface area contributed by atoms with Crippen LogP contribution in [0.2, 0.25) is 0 Å². The Labute approximate surface area is 138 Å². The normalized spacial score (nSPS) is 13.9. The maximum Gasteiger partial charge on any atom is 0.160 e.